The molecule has 1 N–H and O–H groups in total. The lowest BCUT2D eigenvalue weighted by atomic mass is 10.1. The zero-order valence-electron chi connectivity index (χ0n) is 15.7. The summed E-state index contributed by atoms with van der Waals surface area (Å²) in [7, 11) is 3.89. The number of fused-ring (bicyclic) bond motifs is 4. The number of nitrogens with zero attached hydrogens (tertiary/aromatic N) is 3. The lowest BCUT2D eigenvalue weighted by Gasteiger charge is -2.12. The van der Waals surface area contributed by atoms with Crippen LogP contribution in [0.1, 0.15) is 10.4 Å². The van der Waals surface area contributed by atoms with E-state index in [4.69, 9.17) is 4.98 Å². The SMILES string of the molecule is CN(C)CCNC(=O)c1cccn2c(=O)c3ccc4ccccc4c3nc12.Cl. The van der Waals surface area contributed by atoms with Gasteiger partial charge in [-0.05, 0) is 37.7 Å². The Morgan fingerprint density at radius 3 is 2.64 bits per heavy atom. The first kappa shape index (κ1) is 19.8. The maximum atomic E-state index is 13.0. The molecular formula is C21H21ClN4O2. The Hall–Kier alpha value is -2.96. The number of rotatable bonds is 4. The predicted molar refractivity (Wildman–Crippen MR) is 115 cm³/mol. The molecule has 0 aliphatic heterocycles. The summed E-state index contributed by atoms with van der Waals surface area (Å²) in [6.45, 7) is 1.26. The van der Waals surface area contributed by atoms with E-state index in [2.05, 4.69) is 5.32 Å². The normalized spacial score (nSPS) is 11.1. The summed E-state index contributed by atoms with van der Waals surface area (Å²) in [6.07, 6.45) is 1.65. The minimum absolute atomic E-state index is 0. The van der Waals surface area contributed by atoms with Crippen molar-refractivity contribution < 1.29 is 4.79 Å². The number of benzene rings is 2. The van der Waals surface area contributed by atoms with Crippen LogP contribution in [0.4, 0.5) is 0 Å². The molecule has 2 aromatic carbocycles. The van der Waals surface area contributed by atoms with E-state index >= 15 is 0 Å². The summed E-state index contributed by atoms with van der Waals surface area (Å²) in [5.41, 5.74) is 1.20. The summed E-state index contributed by atoms with van der Waals surface area (Å²) in [5, 5.41) is 5.34. The summed E-state index contributed by atoms with van der Waals surface area (Å²) < 4.78 is 1.44. The number of carbonyl (C=O) groups excluding carboxylic acids is 1. The van der Waals surface area contributed by atoms with Crippen LogP contribution in [0.5, 0.6) is 0 Å². The van der Waals surface area contributed by atoms with E-state index in [9.17, 15) is 9.59 Å². The minimum Gasteiger partial charge on any atom is -0.351 e. The number of halogens is 1. The molecule has 0 aliphatic rings. The molecule has 0 bridgehead atoms. The average molecular weight is 397 g/mol. The number of hydrogen-bond acceptors (Lipinski definition) is 4. The molecule has 7 heteroatoms. The molecule has 2 aromatic heterocycles. The van der Waals surface area contributed by atoms with Gasteiger partial charge in [0.15, 0.2) is 5.65 Å². The van der Waals surface area contributed by atoms with E-state index in [-0.39, 0.29) is 23.9 Å². The van der Waals surface area contributed by atoms with Crippen molar-refractivity contribution in [2.24, 2.45) is 0 Å². The van der Waals surface area contributed by atoms with E-state index < -0.39 is 0 Å². The fourth-order valence-electron chi connectivity index (χ4n) is 3.23. The highest BCUT2D eigenvalue weighted by Gasteiger charge is 2.15. The van der Waals surface area contributed by atoms with Gasteiger partial charge in [0.2, 0.25) is 0 Å². The first-order valence-corrected chi connectivity index (χ1v) is 8.82. The van der Waals surface area contributed by atoms with Crippen LogP contribution in [0.3, 0.4) is 0 Å². The molecule has 0 aliphatic carbocycles. The van der Waals surface area contributed by atoms with Crippen LogP contribution in [0.15, 0.2) is 59.5 Å². The molecule has 6 nitrogen and oxygen atoms in total. The minimum atomic E-state index is -0.235. The standard InChI is InChI=1S/C21H20N4O2.ClH/c1-24(2)13-11-22-20(26)17-8-5-12-25-19(17)23-18-15-7-4-3-6-14(15)9-10-16(18)21(25)27;/h3-10,12H,11,13H2,1-2H3,(H,22,26);1H. The van der Waals surface area contributed by atoms with E-state index in [0.717, 1.165) is 17.3 Å². The molecule has 0 unspecified atom stereocenters. The summed E-state index contributed by atoms with van der Waals surface area (Å²) in [4.78, 5) is 32.4. The van der Waals surface area contributed by atoms with Crippen LogP contribution in [0.25, 0.3) is 27.3 Å². The Labute approximate surface area is 168 Å². The molecule has 0 saturated carbocycles. The third kappa shape index (κ3) is 3.44. The zero-order chi connectivity index (χ0) is 19.0. The van der Waals surface area contributed by atoms with Crippen molar-refractivity contribution in [2.45, 2.75) is 0 Å². The van der Waals surface area contributed by atoms with Crippen molar-refractivity contribution in [1.29, 1.82) is 0 Å². The molecule has 144 valence electrons. The monoisotopic (exact) mass is 396 g/mol. The van der Waals surface area contributed by atoms with E-state index in [1.54, 1.807) is 24.4 Å². The highest BCUT2D eigenvalue weighted by Crippen LogP contribution is 2.22. The molecule has 0 spiro atoms. The van der Waals surface area contributed by atoms with Crippen molar-refractivity contribution >= 4 is 45.6 Å². The van der Waals surface area contributed by atoms with Gasteiger partial charge in [0.05, 0.1) is 16.5 Å². The molecule has 4 rings (SSSR count). The third-order valence-corrected chi connectivity index (χ3v) is 4.62. The van der Waals surface area contributed by atoms with Crippen LogP contribution >= 0.6 is 12.4 Å². The molecule has 0 atom stereocenters. The number of carbonyl (C=O) groups is 1. The third-order valence-electron chi connectivity index (χ3n) is 4.62. The quantitative estimate of drug-likeness (QED) is 0.425. The number of aromatic nitrogens is 2. The Balaban J connectivity index is 0.00000225. The lowest BCUT2D eigenvalue weighted by molar-refractivity contribution is 0.0952. The highest BCUT2D eigenvalue weighted by atomic mass is 35.5. The van der Waals surface area contributed by atoms with E-state index in [0.29, 0.717) is 28.7 Å². The van der Waals surface area contributed by atoms with Gasteiger partial charge in [0.25, 0.3) is 11.5 Å². The molecule has 4 aromatic rings. The topological polar surface area (TPSA) is 66.7 Å². The summed E-state index contributed by atoms with van der Waals surface area (Å²) >= 11 is 0. The molecule has 28 heavy (non-hydrogen) atoms. The van der Waals surface area contributed by atoms with Crippen molar-refractivity contribution in [3.05, 3.63) is 70.6 Å². The van der Waals surface area contributed by atoms with Gasteiger partial charge in [0.1, 0.15) is 0 Å². The molecule has 2 heterocycles. The van der Waals surface area contributed by atoms with Crippen molar-refractivity contribution in [1.82, 2.24) is 19.6 Å². The number of likely N-dealkylation sites (N-methyl/N-ethyl adjacent to an activating group) is 1. The van der Waals surface area contributed by atoms with E-state index in [1.807, 2.05) is 49.3 Å². The van der Waals surface area contributed by atoms with Gasteiger partial charge in [-0.15, -0.1) is 12.4 Å². The van der Waals surface area contributed by atoms with Crippen LogP contribution < -0.4 is 10.9 Å². The molecular weight excluding hydrogens is 376 g/mol. The van der Waals surface area contributed by atoms with Gasteiger partial charge in [-0.2, -0.15) is 0 Å². The highest BCUT2D eigenvalue weighted by molar-refractivity contribution is 6.07. The van der Waals surface area contributed by atoms with Gasteiger partial charge in [-0.3, -0.25) is 14.0 Å². The van der Waals surface area contributed by atoms with Crippen molar-refractivity contribution in [3.8, 4) is 0 Å². The maximum absolute atomic E-state index is 13.0. The fraction of sp³-hybridized carbons (Fsp3) is 0.190. The van der Waals surface area contributed by atoms with Gasteiger partial charge in [-0.1, -0.05) is 30.3 Å². The molecule has 0 saturated heterocycles. The van der Waals surface area contributed by atoms with Crippen LogP contribution in [0.2, 0.25) is 0 Å². The van der Waals surface area contributed by atoms with Crippen LogP contribution in [-0.4, -0.2) is 47.4 Å². The van der Waals surface area contributed by atoms with Gasteiger partial charge < -0.3 is 10.2 Å². The smallest absolute Gasteiger partial charge is 0.265 e. The second kappa shape index (κ2) is 7.96. The number of amides is 1. The summed E-state index contributed by atoms with van der Waals surface area (Å²) in [5.74, 6) is -0.235. The second-order valence-electron chi connectivity index (χ2n) is 6.77. The van der Waals surface area contributed by atoms with Crippen LogP contribution in [-0.2, 0) is 0 Å². The number of hydrogen-bond donors (Lipinski definition) is 1. The lowest BCUT2D eigenvalue weighted by Crippen LogP contribution is -2.32. The maximum Gasteiger partial charge on any atom is 0.265 e. The van der Waals surface area contributed by atoms with Gasteiger partial charge >= 0.3 is 0 Å². The van der Waals surface area contributed by atoms with Crippen molar-refractivity contribution in [3.63, 3.8) is 0 Å². The number of pyridine rings is 1. The predicted octanol–water partition coefficient (Wildman–Crippen LogP) is 2.71. The Morgan fingerprint density at radius 2 is 1.86 bits per heavy atom. The molecule has 1 amide bonds. The second-order valence-corrected chi connectivity index (χ2v) is 6.77. The Bertz CT molecular complexity index is 1230. The van der Waals surface area contributed by atoms with E-state index in [1.165, 1.54) is 4.40 Å². The Morgan fingerprint density at radius 1 is 1.07 bits per heavy atom. The summed E-state index contributed by atoms with van der Waals surface area (Å²) in [6, 6.07) is 14.9. The largest absolute Gasteiger partial charge is 0.351 e. The molecule has 0 radical (unpaired) electrons. The Kier molecular flexibility index (Phi) is 5.63. The van der Waals surface area contributed by atoms with Gasteiger partial charge in [0, 0.05) is 24.7 Å². The van der Waals surface area contributed by atoms with Crippen molar-refractivity contribution in [2.75, 3.05) is 27.2 Å². The number of nitrogens with one attached hydrogen (secondary N) is 1. The fourth-order valence-corrected chi connectivity index (χ4v) is 3.23. The first-order chi connectivity index (χ1) is 13.1. The average Bonchev–Trinajstić information content (AvgIpc) is 2.67. The molecule has 0 fully saturated rings. The van der Waals surface area contributed by atoms with Crippen LogP contribution in [0, 0.1) is 0 Å². The van der Waals surface area contributed by atoms with Gasteiger partial charge in [-0.25, -0.2) is 4.98 Å². The first-order valence-electron chi connectivity index (χ1n) is 8.82. The zero-order valence-corrected chi connectivity index (χ0v) is 16.5.